The Morgan fingerprint density at radius 1 is 1.29 bits per heavy atom. The second-order valence-corrected chi connectivity index (χ2v) is 7.05. The molecule has 0 aliphatic carbocycles. The molecule has 4 rings (SSSR count). The summed E-state index contributed by atoms with van der Waals surface area (Å²) >= 11 is 1.62. The first kappa shape index (κ1) is 15.4. The molecular formula is C18H19N3O2S. The SMILES string of the molecule is Cc1cc(-c2cncs2)cc2c(NC3CCOCC3)cc(=O)[nH]c12. The zero-order valence-corrected chi connectivity index (χ0v) is 14.3. The van der Waals surface area contributed by atoms with Gasteiger partial charge in [0.25, 0.3) is 0 Å². The van der Waals surface area contributed by atoms with Crippen LogP contribution in [-0.2, 0) is 4.74 Å². The summed E-state index contributed by atoms with van der Waals surface area (Å²) in [5, 5.41) is 4.60. The van der Waals surface area contributed by atoms with Crippen LogP contribution in [0.3, 0.4) is 0 Å². The van der Waals surface area contributed by atoms with Crippen LogP contribution in [0.15, 0.2) is 34.7 Å². The minimum atomic E-state index is -0.0781. The van der Waals surface area contributed by atoms with E-state index >= 15 is 0 Å². The average molecular weight is 341 g/mol. The fourth-order valence-electron chi connectivity index (χ4n) is 3.22. The van der Waals surface area contributed by atoms with E-state index in [4.69, 9.17) is 4.74 Å². The van der Waals surface area contributed by atoms with E-state index in [1.54, 1.807) is 17.4 Å². The minimum Gasteiger partial charge on any atom is -0.381 e. The number of benzene rings is 1. The maximum absolute atomic E-state index is 12.1. The Morgan fingerprint density at radius 3 is 2.88 bits per heavy atom. The number of nitrogens with zero attached hydrogens (tertiary/aromatic N) is 1. The molecule has 124 valence electrons. The number of rotatable bonds is 3. The van der Waals surface area contributed by atoms with Gasteiger partial charge in [0.1, 0.15) is 0 Å². The largest absolute Gasteiger partial charge is 0.381 e. The third kappa shape index (κ3) is 2.95. The van der Waals surface area contributed by atoms with E-state index in [9.17, 15) is 4.79 Å². The van der Waals surface area contributed by atoms with Gasteiger partial charge in [0, 0.05) is 42.6 Å². The van der Waals surface area contributed by atoms with Gasteiger partial charge in [-0.3, -0.25) is 9.78 Å². The highest BCUT2D eigenvalue weighted by molar-refractivity contribution is 7.13. The maximum atomic E-state index is 12.1. The Bertz CT molecular complexity index is 912. The van der Waals surface area contributed by atoms with Gasteiger partial charge < -0.3 is 15.0 Å². The summed E-state index contributed by atoms with van der Waals surface area (Å²) in [7, 11) is 0. The van der Waals surface area contributed by atoms with E-state index in [1.807, 2.05) is 18.6 Å². The smallest absolute Gasteiger partial charge is 0.250 e. The van der Waals surface area contributed by atoms with E-state index in [-0.39, 0.29) is 5.56 Å². The first-order chi connectivity index (χ1) is 11.7. The van der Waals surface area contributed by atoms with Crippen molar-refractivity contribution in [1.29, 1.82) is 0 Å². The molecule has 2 aromatic heterocycles. The summed E-state index contributed by atoms with van der Waals surface area (Å²) in [4.78, 5) is 20.4. The molecule has 1 aliphatic rings. The lowest BCUT2D eigenvalue weighted by molar-refractivity contribution is 0.0905. The molecule has 3 aromatic rings. The lowest BCUT2D eigenvalue weighted by Crippen LogP contribution is -2.28. The van der Waals surface area contributed by atoms with Crippen LogP contribution in [0.25, 0.3) is 21.3 Å². The minimum absolute atomic E-state index is 0.0781. The van der Waals surface area contributed by atoms with Crippen LogP contribution in [0.4, 0.5) is 5.69 Å². The molecule has 3 heterocycles. The standard InChI is InChI=1S/C18H19N3O2S/c1-11-6-12(16-9-19-10-24-16)7-14-15(8-17(22)21-18(11)14)20-13-2-4-23-5-3-13/h6-10,13H,2-5H2,1H3,(H2,20,21,22). The summed E-state index contributed by atoms with van der Waals surface area (Å²) in [6.45, 7) is 3.56. The molecule has 0 spiro atoms. The van der Waals surface area contributed by atoms with Gasteiger partial charge >= 0.3 is 0 Å². The van der Waals surface area contributed by atoms with Crippen LogP contribution >= 0.6 is 11.3 Å². The molecule has 1 aromatic carbocycles. The Labute approximate surface area is 143 Å². The molecule has 5 nitrogen and oxygen atoms in total. The molecule has 24 heavy (non-hydrogen) atoms. The quantitative estimate of drug-likeness (QED) is 0.764. The number of H-pyrrole nitrogens is 1. The Morgan fingerprint density at radius 2 is 2.12 bits per heavy atom. The van der Waals surface area contributed by atoms with Crippen molar-refractivity contribution in [1.82, 2.24) is 9.97 Å². The van der Waals surface area contributed by atoms with E-state index in [0.717, 1.165) is 58.6 Å². The van der Waals surface area contributed by atoms with E-state index < -0.39 is 0 Å². The van der Waals surface area contributed by atoms with Gasteiger partial charge in [0.15, 0.2) is 0 Å². The normalized spacial score (nSPS) is 15.7. The highest BCUT2D eigenvalue weighted by atomic mass is 32.1. The lowest BCUT2D eigenvalue weighted by atomic mass is 10.0. The maximum Gasteiger partial charge on any atom is 0.250 e. The van der Waals surface area contributed by atoms with Gasteiger partial charge in [-0.2, -0.15) is 0 Å². The summed E-state index contributed by atoms with van der Waals surface area (Å²) in [6, 6.07) is 6.24. The summed E-state index contributed by atoms with van der Waals surface area (Å²) < 4.78 is 5.42. The second kappa shape index (κ2) is 6.37. The molecular weight excluding hydrogens is 322 g/mol. The van der Waals surface area contributed by atoms with Gasteiger partial charge in [0.2, 0.25) is 5.56 Å². The van der Waals surface area contributed by atoms with Gasteiger partial charge in [0.05, 0.1) is 15.9 Å². The van der Waals surface area contributed by atoms with E-state index in [2.05, 4.69) is 27.4 Å². The van der Waals surface area contributed by atoms with Crippen molar-refractivity contribution in [3.8, 4) is 10.4 Å². The molecule has 1 fully saturated rings. The molecule has 0 bridgehead atoms. The number of hydrogen-bond acceptors (Lipinski definition) is 5. The molecule has 0 amide bonds. The highest BCUT2D eigenvalue weighted by Crippen LogP contribution is 2.32. The molecule has 1 saturated heterocycles. The number of nitrogens with one attached hydrogen (secondary N) is 2. The molecule has 1 aliphatic heterocycles. The number of aromatic nitrogens is 2. The fourth-order valence-corrected chi connectivity index (χ4v) is 3.83. The van der Waals surface area contributed by atoms with Crippen molar-refractivity contribution in [2.24, 2.45) is 0 Å². The fraction of sp³-hybridized carbons (Fsp3) is 0.333. The summed E-state index contributed by atoms with van der Waals surface area (Å²) in [5.41, 5.74) is 5.74. The van der Waals surface area contributed by atoms with Crippen LogP contribution in [0, 0.1) is 6.92 Å². The first-order valence-corrected chi connectivity index (χ1v) is 8.99. The number of anilines is 1. The molecule has 2 N–H and O–H groups in total. The summed E-state index contributed by atoms with van der Waals surface area (Å²) in [6.07, 6.45) is 3.80. The molecule has 0 atom stereocenters. The average Bonchev–Trinajstić information content (AvgIpc) is 3.11. The van der Waals surface area contributed by atoms with Crippen molar-refractivity contribution < 1.29 is 4.74 Å². The Hall–Kier alpha value is -2.18. The van der Waals surface area contributed by atoms with Crippen molar-refractivity contribution >= 4 is 27.9 Å². The topological polar surface area (TPSA) is 67.0 Å². The van der Waals surface area contributed by atoms with Crippen LogP contribution in [-0.4, -0.2) is 29.2 Å². The van der Waals surface area contributed by atoms with Crippen molar-refractivity contribution in [2.75, 3.05) is 18.5 Å². The van der Waals surface area contributed by atoms with Crippen LogP contribution in [0.5, 0.6) is 0 Å². The van der Waals surface area contributed by atoms with Crippen LogP contribution in [0.1, 0.15) is 18.4 Å². The monoisotopic (exact) mass is 341 g/mol. The number of aryl methyl sites for hydroxylation is 1. The number of ether oxygens (including phenoxy) is 1. The highest BCUT2D eigenvalue weighted by Gasteiger charge is 2.16. The van der Waals surface area contributed by atoms with Crippen molar-refractivity contribution in [2.45, 2.75) is 25.8 Å². The number of thiazole rings is 1. The number of fused-ring (bicyclic) bond motifs is 1. The predicted molar refractivity (Wildman–Crippen MR) is 97.9 cm³/mol. The van der Waals surface area contributed by atoms with Gasteiger partial charge in [-0.1, -0.05) is 0 Å². The molecule has 0 saturated carbocycles. The van der Waals surface area contributed by atoms with E-state index in [1.165, 1.54) is 0 Å². The third-order valence-electron chi connectivity index (χ3n) is 4.45. The number of aromatic amines is 1. The van der Waals surface area contributed by atoms with Gasteiger partial charge in [-0.05, 0) is 43.0 Å². The van der Waals surface area contributed by atoms with Crippen molar-refractivity contribution in [3.63, 3.8) is 0 Å². The van der Waals surface area contributed by atoms with Crippen molar-refractivity contribution in [3.05, 3.63) is 45.8 Å². The van der Waals surface area contributed by atoms with Gasteiger partial charge in [-0.15, -0.1) is 11.3 Å². The Balaban J connectivity index is 1.83. The molecule has 0 radical (unpaired) electrons. The molecule has 0 unspecified atom stereocenters. The van der Waals surface area contributed by atoms with E-state index in [0.29, 0.717) is 6.04 Å². The second-order valence-electron chi connectivity index (χ2n) is 6.16. The predicted octanol–water partition coefficient (Wildman–Crippen LogP) is 3.55. The number of pyridine rings is 1. The zero-order chi connectivity index (χ0) is 16.5. The summed E-state index contributed by atoms with van der Waals surface area (Å²) in [5.74, 6) is 0. The Kier molecular flexibility index (Phi) is 4.08. The zero-order valence-electron chi connectivity index (χ0n) is 13.5. The van der Waals surface area contributed by atoms with Crippen LogP contribution in [0.2, 0.25) is 0 Å². The number of hydrogen-bond donors (Lipinski definition) is 2. The first-order valence-electron chi connectivity index (χ1n) is 8.11. The lowest BCUT2D eigenvalue weighted by Gasteiger charge is -2.25. The van der Waals surface area contributed by atoms with Crippen LogP contribution < -0.4 is 10.9 Å². The molecule has 6 heteroatoms. The third-order valence-corrected chi connectivity index (χ3v) is 5.27. The van der Waals surface area contributed by atoms with Gasteiger partial charge in [-0.25, -0.2) is 0 Å².